The molecule has 0 radical (unpaired) electrons. The summed E-state index contributed by atoms with van der Waals surface area (Å²) in [6, 6.07) is 19.4. The van der Waals surface area contributed by atoms with Gasteiger partial charge in [-0.3, -0.25) is 14.4 Å². The number of fused-ring (bicyclic) bond motifs is 1. The Hall–Kier alpha value is -4.45. The number of carbonyl (C=O) groups excluding carboxylic acids is 4. The van der Waals surface area contributed by atoms with E-state index in [2.05, 4.69) is 16.0 Å². The Morgan fingerprint density at radius 2 is 1.73 bits per heavy atom. The van der Waals surface area contributed by atoms with Crippen LogP contribution >= 0.6 is 34.7 Å². The molecule has 1 aliphatic carbocycles. The number of thioether (sulfide) groups is 1. The highest BCUT2D eigenvalue weighted by Gasteiger charge is 2.29. The van der Waals surface area contributed by atoms with Gasteiger partial charge in [-0.1, -0.05) is 48.9 Å². The first kappa shape index (κ1) is 35.8. The number of amides is 3. The average Bonchev–Trinajstić information content (AvgIpc) is 3.46. The van der Waals surface area contributed by atoms with Crippen molar-refractivity contribution in [3.05, 3.63) is 116 Å². The summed E-state index contributed by atoms with van der Waals surface area (Å²) < 4.78 is 20.0. The molecule has 4 aromatic rings. The van der Waals surface area contributed by atoms with Gasteiger partial charge >= 0.3 is 5.97 Å². The third kappa shape index (κ3) is 8.97. The van der Waals surface area contributed by atoms with Crippen molar-refractivity contribution in [2.24, 2.45) is 0 Å². The van der Waals surface area contributed by atoms with Crippen molar-refractivity contribution in [1.82, 2.24) is 5.32 Å². The molecule has 5 rings (SSSR count). The van der Waals surface area contributed by atoms with Crippen LogP contribution in [-0.2, 0) is 27.2 Å². The van der Waals surface area contributed by atoms with Crippen LogP contribution in [0.5, 0.6) is 0 Å². The van der Waals surface area contributed by atoms with Gasteiger partial charge in [-0.25, -0.2) is 9.18 Å². The maximum absolute atomic E-state index is 14.7. The molecule has 8 nitrogen and oxygen atoms in total. The molecular formula is C37H35ClFN3O5S2. The van der Waals surface area contributed by atoms with Gasteiger partial charge in [-0.05, 0) is 93.1 Å². The summed E-state index contributed by atoms with van der Waals surface area (Å²) in [4.78, 5) is 54.8. The van der Waals surface area contributed by atoms with E-state index in [1.807, 2.05) is 13.0 Å². The minimum atomic E-state index is -0.705. The standard InChI is InChI=1S/C37H35ClFN3O5S2/c1-3-30(35(45)42-36-32(37(46)47-4-2)25-16-8-9-19-31(25)49-36)48-24-15-10-14-23(20-24)40-34(44)29(21-26-27(38)17-11-18-28(26)39)41-33(43)22-12-6-5-7-13-22/h5-7,10-15,17-18,20-21,30H,3-4,8-9,16,19H2,1-2H3,(H,40,44)(H,41,43)(H,42,45)/b29-21+. The molecule has 1 unspecified atom stereocenters. The summed E-state index contributed by atoms with van der Waals surface area (Å²) in [5.41, 5.74) is 1.85. The van der Waals surface area contributed by atoms with E-state index in [1.54, 1.807) is 55.5 Å². The Labute approximate surface area is 297 Å². The number of carbonyl (C=O) groups is 4. The molecule has 0 spiro atoms. The minimum Gasteiger partial charge on any atom is -0.462 e. The van der Waals surface area contributed by atoms with E-state index in [1.165, 1.54) is 47.4 Å². The fourth-order valence-electron chi connectivity index (χ4n) is 5.33. The van der Waals surface area contributed by atoms with Gasteiger partial charge in [0.25, 0.3) is 11.8 Å². The lowest BCUT2D eigenvalue weighted by Crippen LogP contribution is -2.30. The zero-order valence-electron chi connectivity index (χ0n) is 26.9. The normalized spacial score (nSPS) is 13.2. The molecule has 3 amide bonds. The van der Waals surface area contributed by atoms with Crippen molar-refractivity contribution in [2.75, 3.05) is 17.2 Å². The molecule has 49 heavy (non-hydrogen) atoms. The highest BCUT2D eigenvalue weighted by Crippen LogP contribution is 2.39. The number of thiophene rings is 1. The van der Waals surface area contributed by atoms with Gasteiger partial charge in [0, 0.05) is 26.6 Å². The summed E-state index contributed by atoms with van der Waals surface area (Å²) in [5, 5.41) is 8.43. The molecule has 0 bridgehead atoms. The molecule has 3 aromatic carbocycles. The van der Waals surface area contributed by atoms with Crippen molar-refractivity contribution in [3.63, 3.8) is 0 Å². The highest BCUT2D eigenvalue weighted by molar-refractivity contribution is 8.00. The number of halogens is 2. The number of rotatable bonds is 12. The van der Waals surface area contributed by atoms with Crippen LogP contribution in [0.25, 0.3) is 6.08 Å². The zero-order valence-corrected chi connectivity index (χ0v) is 29.3. The van der Waals surface area contributed by atoms with E-state index < -0.39 is 28.9 Å². The number of aryl methyl sites for hydroxylation is 1. The molecule has 12 heteroatoms. The van der Waals surface area contributed by atoms with E-state index in [0.29, 0.717) is 33.1 Å². The lowest BCUT2D eigenvalue weighted by molar-refractivity contribution is -0.116. The second-order valence-electron chi connectivity index (χ2n) is 11.1. The minimum absolute atomic E-state index is 0.0542. The zero-order chi connectivity index (χ0) is 34.9. The fraction of sp³-hybridized carbons (Fsp3) is 0.243. The van der Waals surface area contributed by atoms with Crippen LogP contribution in [-0.4, -0.2) is 35.5 Å². The van der Waals surface area contributed by atoms with Gasteiger partial charge in [0.2, 0.25) is 5.91 Å². The van der Waals surface area contributed by atoms with Crippen LogP contribution in [0.4, 0.5) is 15.1 Å². The SMILES string of the molecule is CCOC(=O)c1c(NC(=O)C(CC)Sc2cccc(NC(=O)/C(=C\c3c(F)cccc3Cl)NC(=O)c3ccccc3)c2)sc2c1CCCC2. The molecule has 1 aromatic heterocycles. The van der Waals surface area contributed by atoms with Crippen LogP contribution in [0.15, 0.2) is 83.4 Å². The average molecular weight is 720 g/mol. The van der Waals surface area contributed by atoms with Gasteiger partial charge in [-0.15, -0.1) is 23.1 Å². The second kappa shape index (κ2) is 16.8. The first-order chi connectivity index (χ1) is 23.7. The molecule has 1 aliphatic rings. The van der Waals surface area contributed by atoms with Crippen LogP contribution in [0, 0.1) is 5.82 Å². The van der Waals surface area contributed by atoms with Crippen LogP contribution in [0.1, 0.15) is 69.8 Å². The number of hydrogen-bond donors (Lipinski definition) is 3. The highest BCUT2D eigenvalue weighted by atomic mass is 35.5. The lowest BCUT2D eigenvalue weighted by atomic mass is 9.95. The Bertz CT molecular complexity index is 1880. The topological polar surface area (TPSA) is 114 Å². The van der Waals surface area contributed by atoms with Crippen molar-refractivity contribution >= 4 is 75.2 Å². The molecule has 0 fully saturated rings. The molecule has 1 atom stereocenters. The molecule has 1 heterocycles. The Morgan fingerprint density at radius 3 is 2.47 bits per heavy atom. The van der Waals surface area contributed by atoms with Crippen LogP contribution in [0.3, 0.4) is 0 Å². The first-order valence-corrected chi connectivity index (χ1v) is 18.0. The van der Waals surface area contributed by atoms with Crippen LogP contribution in [0.2, 0.25) is 5.02 Å². The maximum atomic E-state index is 14.7. The molecule has 254 valence electrons. The van der Waals surface area contributed by atoms with Crippen molar-refractivity contribution in [2.45, 2.75) is 56.1 Å². The van der Waals surface area contributed by atoms with Gasteiger partial charge in [0.05, 0.1) is 22.4 Å². The Morgan fingerprint density at radius 1 is 0.980 bits per heavy atom. The largest absolute Gasteiger partial charge is 0.462 e. The number of anilines is 2. The lowest BCUT2D eigenvalue weighted by Gasteiger charge is -2.16. The third-order valence-electron chi connectivity index (χ3n) is 7.74. The molecule has 0 saturated heterocycles. The Kier molecular flexibility index (Phi) is 12.3. The first-order valence-electron chi connectivity index (χ1n) is 15.9. The summed E-state index contributed by atoms with van der Waals surface area (Å²) in [6.45, 7) is 3.89. The van der Waals surface area contributed by atoms with Gasteiger partial charge in [0.1, 0.15) is 16.5 Å². The summed E-state index contributed by atoms with van der Waals surface area (Å²) >= 11 is 8.98. The van der Waals surface area contributed by atoms with Crippen molar-refractivity contribution in [3.8, 4) is 0 Å². The van der Waals surface area contributed by atoms with Crippen molar-refractivity contribution in [1.29, 1.82) is 0 Å². The number of nitrogens with one attached hydrogen (secondary N) is 3. The van der Waals surface area contributed by atoms with E-state index in [-0.39, 0.29) is 28.8 Å². The predicted molar refractivity (Wildman–Crippen MR) is 194 cm³/mol. The predicted octanol–water partition coefficient (Wildman–Crippen LogP) is 8.52. The molecule has 3 N–H and O–H groups in total. The summed E-state index contributed by atoms with van der Waals surface area (Å²) in [5.74, 6) is -2.60. The summed E-state index contributed by atoms with van der Waals surface area (Å²) in [7, 11) is 0. The third-order valence-corrected chi connectivity index (χ3v) is 10.6. The van der Waals surface area contributed by atoms with E-state index in [9.17, 15) is 23.6 Å². The van der Waals surface area contributed by atoms with Crippen molar-refractivity contribution < 1.29 is 28.3 Å². The molecule has 0 saturated carbocycles. The maximum Gasteiger partial charge on any atom is 0.341 e. The Balaban J connectivity index is 1.33. The van der Waals surface area contributed by atoms with E-state index >= 15 is 0 Å². The summed E-state index contributed by atoms with van der Waals surface area (Å²) in [6.07, 6.45) is 5.35. The fourth-order valence-corrected chi connectivity index (χ4v) is 7.84. The van der Waals surface area contributed by atoms with Gasteiger partial charge in [0.15, 0.2) is 0 Å². The van der Waals surface area contributed by atoms with Crippen LogP contribution < -0.4 is 16.0 Å². The van der Waals surface area contributed by atoms with E-state index in [0.717, 1.165) is 36.1 Å². The monoisotopic (exact) mass is 719 g/mol. The quantitative estimate of drug-likeness (QED) is 0.0769. The van der Waals surface area contributed by atoms with Gasteiger partial charge in [-0.2, -0.15) is 0 Å². The second-order valence-corrected chi connectivity index (χ2v) is 13.9. The van der Waals surface area contributed by atoms with Gasteiger partial charge < -0.3 is 20.7 Å². The number of ether oxygens (including phenoxy) is 1. The molecular weight excluding hydrogens is 685 g/mol. The molecule has 0 aliphatic heterocycles. The number of benzene rings is 3. The van der Waals surface area contributed by atoms with E-state index in [4.69, 9.17) is 16.3 Å². The number of esters is 1. The number of hydrogen-bond acceptors (Lipinski definition) is 7. The smallest absolute Gasteiger partial charge is 0.341 e.